The molecule has 0 aliphatic carbocycles. The molecule has 0 radical (unpaired) electrons. The predicted molar refractivity (Wildman–Crippen MR) is 75.4 cm³/mol. The predicted octanol–water partition coefficient (Wildman–Crippen LogP) is 4.67. The van der Waals surface area contributed by atoms with Crippen molar-refractivity contribution in [3.05, 3.63) is 54.6 Å². The number of thiophene rings is 1. The fraction of sp³-hybridized carbons (Fsp3) is 0.0667. The highest BCUT2D eigenvalue weighted by atomic mass is 32.1. The van der Waals surface area contributed by atoms with Gasteiger partial charge in [0, 0.05) is 25.7 Å². The zero-order valence-electron chi connectivity index (χ0n) is 9.57. The first-order valence-corrected chi connectivity index (χ1v) is 6.26. The lowest BCUT2D eigenvalue weighted by molar-refractivity contribution is 0.372. The summed E-state index contributed by atoms with van der Waals surface area (Å²) in [7, 11) is 1.66. The number of rotatable bonds is 2. The van der Waals surface area contributed by atoms with Crippen molar-refractivity contribution in [2.24, 2.45) is 0 Å². The Kier molecular flexibility index (Phi) is 2.37. The minimum atomic E-state index is 0.721. The standard InChI is InChI=1S/C15H12OS/c1-10(16-2)11-7-5-9-14-15(11)12-6-3-4-8-13(12)17-14/h3-9H,1H2,2H3. The van der Waals surface area contributed by atoms with Gasteiger partial charge in [-0.2, -0.15) is 0 Å². The average molecular weight is 240 g/mol. The Labute approximate surface area is 104 Å². The second-order valence-corrected chi connectivity index (χ2v) is 4.99. The van der Waals surface area contributed by atoms with E-state index < -0.39 is 0 Å². The molecule has 84 valence electrons. The summed E-state index contributed by atoms with van der Waals surface area (Å²) in [4.78, 5) is 0. The van der Waals surface area contributed by atoms with E-state index in [1.54, 1.807) is 7.11 Å². The summed E-state index contributed by atoms with van der Waals surface area (Å²) < 4.78 is 7.86. The maximum atomic E-state index is 5.27. The van der Waals surface area contributed by atoms with Crippen molar-refractivity contribution in [3.8, 4) is 0 Å². The molecular formula is C15H12OS. The van der Waals surface area contributed by atoms with Crippen molar-refractivity contribution >= 4 is 37.3 Å². The Balaban J connectivity index is 2.47. The van der Waals surface area contributed by atoms with E-state index in [1.807, 2.05) is 11.3 Å². The van der Waals surface area contributed by atoms with Gasteiger partial charge in [0.2, 0.25) is 0 Å². The topological polar surface area (TPSA) is 9.23 Å². The van der Waals surface area contributed by atoms with Crippen molar-refractivity contribution in [3.63, 3.8) is 0 Å². The highest BCUT2D eigenvalue weighted by Gasteiger charge is 2.10. The van der Waals surface area contributed by atoms with Gasteiger partial charge in [-0.15, -0.1) is 11.3 Å². The van der Waals surface area contributed by atoms with E-state index in [-0.39, 0.29) is 0 Å². The lowest BCUT2D eigenvalue weighted by Gasteiger charge is -2.06. The third kappa shape index (κ3) is 1.53. The van der Waals surface area contributed by atoms with Crippen LogP contribution in [0.15, 0.2) is 49.0 Å². The van der Waals surface area contributed by atoms with Crippen LogP contribution in [0, 0.1) is 0 Å². The van der Waals surface area contributed by atoms with E-state index in [0.717, 1.165) is 11.3 Å². The number of benzene rings is 2. The first-order valence-electron chi connectivity index (χ1n) is 5.45. The smallest absolute Gasteiger partial charge is 0.119 e. The summed E-state index contributed by atoms with van der Waals surface area (Å²) in [6, 6.07) is 14.7. The SMILES string of the molecule is C=C(OC)c1cccc2sc3ccccc3c12. The van der Waals surface area contributed by atoms with Gasteiger partial charge in [-0.3, -0.25) is 0 Å². The molecule has 0 aliphatic rings. The number of hydrogen-bond donors (Lipinski definition) is 0. The average Bonchev–Trinajstić information content (AvgIpc) is 2.76. The minimum absolute atomic E-state index is 0.721. The molecular weight excluding hydrogens is 228 g/mol. The van der Waals surface area contributed by atoms with Gasteiger partial charge < -0.3 is 4.74 Å². The Hall–Kier alpha value is -1.80. The van der Waals surface area contributed by atoms with Crippen LogP contribution in [0.1, 0.15) is 5.56 Å². The van der Waals surface area contributed by atoms with Crippen molar-refractivity contribution in [1.82, 2.24) is 0 Å². The molecule has 17 heavy (non-hydrogen) atoms. The van der Waals surface area contributed by atoms with Crippen molar-refractivity contribution in [2.45, 2.75) is 0 Å². The Morgan fingerprint density at radius 3 is 2.65 bits per heavy atom. The van der Waals surface area contributed by atoms with Gasteiger partial charge in [0.1, 0.15) is 5.76 Å². The molecule has 0 unspecified atom stereocenters. The van der Waals surface area contributed by atoms with Gasteiger partial charge in [-0.25, -0.2) is 0 Å². The monoisotopic (exact) mass is 240 g/mol. The summed E-state index contributed by atoms with van der Waals surface area (Å²) in [5, 5.41) is 2.53. The molecule has 0 spiro atoms. The van der Waals surface area contributed by atoms with E-state index >= 15 is 0 Å². The maximum Gasteiger partial charge on any atom is 0.119 e. The second-order valence-electron chi connectivity index (χ2n) is 3.90. The van der Waals surface area contributed by atoms with Gasteiger partial charge in [0.25, 0.3) is 0 Å². The number of fused-ring (bicyclic) bond motifs is 3. The van der Waals surface area contributed by atoms with Crippen molar-refractivity contribution < 1.29 is 4.74 Å². The molecule has 3 rings (SSSR count). The zero-order chi connectivity index (χ0) is 11.8. The van der Waals surface area contributed by atoms with Gasteiger partial charge in [-0.05, 0) is 12.1 Å². The molecule has 0 N–H and O–H groups in total. The van der Waals surface area contributed by atoms with Crippen LogP contribution >= 0.6 is 11.3 Å². The highest BCUT2D eigenvalue weighted by Crippen LogP contribution is 2.37. The summed E-state index contributed by atoms with van der Waals surface area (Å²) in [5.41, 5.74) is 1.09. The third-order valence-corrected chi connectivity index (χ3v) is 4.09. The number of methoxy groups -OCH3 is 1. The molecule has 2 heteroatoms. The molecule has 0 aliphatic heterocycles. The number of hydrogen-bond acceptors (Lipinski definition) is 2. The maximum absolute atomic E-state index is 5.27. The summed E-state index contributed by atoms with van der Waals surface area (Å²) in [5.74, 6) is 0.721. The Morgan fingerprint density at radius 1 is 1.06 bits per heavy atom. The third-order valence-electron chi connectivity index (χ3n) is 2.95. The molecule has 2 aromatic carbocycles. The van der Waals surface area contributed by atoms with E-state index in [0.29, 0.717) is 0 Å². The van der Waals surface area contributed by atoms with E-state index in [9.17, 15) is 0 Å². The van der Waals surface area contributed by atoms with Gasteiger partial charge in [0.05, 0.1) is 7.11 Å². The molecule has 1 nitrogen and oxygen atoms in total. The first-order chi connectivity index (χ1) is 8.31. The van der Waals surface area contributed by atoms with Crippen LogP contribution in [0.5, 0.6) is 0 Å². The molecule has 0 atom stereocenters. The lowest BCUT2D eigenvalue weighted by Crippen LogP contribution is -1.85. The first kappa shape index (κ1) is 10.4. The van der Waals surface area contributed by atoms with Gasteiger partial charge in [0.15, 0.2) is 0 Å². The van der Waals surface area contributed by atoms with Gasteiger partial charge in [-0.1, -0.05) is 36.9 Å². The van der Waals surface area contributed by atoms with Crippen molar-refractivity contribution in [1.29, 1.82) is 0 Å². The summed E-state index contributed by atoms with van der Waals surface area (Å²) >= 11 is 1.81. The van der Waals surface area contributed by atoms with E-state index in [1.165, 1.54) is 20.2 Å². The minimum Gasteiger partial charge on any atom is -0.497 e. The van der Waals surface area contributed by atoms with Crippen LogP contribution in [0.2, 0.25) is 0 Å². The molecule has 0 fully saturated rings. The molecule has 0 bridgehead atoms. The summed E-state index contributed by atoms with van der Waals surface area (Å²) in [6.07, 6.45) is 0. The number of ether oxygens (including phenoxy) is 1. The van der Waals surface area contributed by atoms with E-state index in [4.69, 9.17) is 4.74 Å². The van der Waals surface area contributed by atoms with Gasteiger partial charge >= 0.3 is 0 Å². The fourth-order valence-electron chi connectivity index (χ4n) is 2.12. The van der Waals surface area contributed by atoms with Crippen LogP contribution < -0.4 is 0 Å². The molecule has 0 saturated carbocycles. The van der Waals surface area contributed by atoms with Crippen LogP contribution in [0.3, 0.4) is 0 Å². The van der Waals surface area contributed by atoms with E-state index in [2.05, 4.69) is 49.0 Å². The highest BCUT2D eigenvalue weighted by molar-refractivity contribution is 7.25. The Bertz CT molecular complexity index is 709. The molecule has 1 aromatic heterocycles. The quantitative estimate of drug-likeness (QED) is 0.591. The van der Waals surface area contributed by atoms with Crippen LogP contribution in [-0.2, 0) is 4.74 Å². The zero-order valence-corrected chi connectivity index (χ0v) is 10.4. The fourth-order valence-corrected chi connectivity index (χ4v) is 3.25. The second kappa shape index (κ2) is 3.90. The van der Waals surface area contributed by atoms with Crippen LogP contribution in [0.4, 0.5) is 0 Å². The van der Waals surface area contributed by atoms with Crippen molar-refractivity contribution in [2.75, 3.05) is 7.11 Å². The molecule has 0 amide bonds. The Morgan fingerprint density at radius 2 is 1.82 bits per heavy atom. The lowest BCUT2D eigenvalue weighted by atomic mass is 10.1. The molecule has 3 aromatic rings. The van der Waals surface area contributed by atoms with Crippen LogP contribution in [0.25, 0.3) is 25.9 Å². The molecule has 0 saturated heterocycles. The molecule has 1 heterocycles. The largest absolute Gasteiger partial charge is 0.497 e. The summed E-state index contributed by atoms with van der Waals surface area (Å²) in [6.45, 7) is 3.96. The van der Waals surface area contributed by atoms with Crippen LogP contribution in [-0.4, -0.2) is 7.11 Å². The normalized spacial score (nSPS) is 10.9.